The molecule has 1 saturated carbocycles. The van der Waals surface area contributed by atoms with Gasteiger partial charge in [-0.05, 0) is 29.7 Å². The summed E-state index contributed by atoms with van der Waals surface area (Å²) in [5, 5.41) is 0.547. The van der Waals surface area contributed by atoms with E-state index in [1.807, 2.05) is 0 Å². The first kappa shape index (κ1) is 8.31. The number of Topliss-reactive ketones (excluding diaryl/α,β-unsaturated/α-hetero) is 1. The van der Waals surface area contributed by atoms with Gasteiger partial charge < -0.3 is 0 Å². The number of rotatable bonds is 0. The van der Waals surface area contributed by atoms with Crippen LogP contribution in [0.15, 0.2) is 10.6 Å². The molecule has 0 aliphatic heterocycles. The van der Waals surface area contributed by atoms with Crippen molar-refractivity contribution in [1.29, 1.82) is 0 Å². The second-order valence-corrected chi connectivity index (χ2v) is 5.09. The van der Waals surface area contributed by atoms with Gasteiger partial charge in [-0.15, -0.1) is 0 Å². The first-order chi connectivity index (χ1) is 5.49. The predicted octanol–water partition coefficient (Wildman–Crippen LogP) is 2.89. The number of ketones is 1. The summed E-state index contributed by atoms with van der Waals surface area (Å²) in [6, 6.07) is 0. The minimum Gasteiger partial charge on any atom is -0.293 e. The second kappa shape index (κ2) is 2.35. The van der Waals surface area contributed by atoms with Crippen molar-refractivity contribution in [1.82, 2.24) is 0 Å². The maximum absolute atomic E-state index is 11.2. The number of allylic oxidation sites excluding steroid dienone is 2. The van der Waals surface area contributed by atoms with Crippen LogP contribution in [0.2, 0.25) is 0 Å². The van der Waals surface area contributed by atoms with Gasteiger partial charge in [-0.25, -0.2) is 0 Å². The molecule has 1 unspecified atom stereocenters. The van der Waals surface area contributed by atoms with Crippen LogP contribution < -0.4 is 0 Å². The van der Waals surface area contributed by atoms with Crippen LogP contribution in [0.5, 0.6) is 0 Å². The zero-order chi connectivity index (χ0) is 8.93. The molecule has 12 heavy (non-hydrogen) atoms. The molecule has 2 heteroatoms. The Hall–Kier alpha value is -0.300. The lowest BCUT2D eigenvalue weighted by Crippen LogP contribution is -2.07. The standard InChI is InChI=1S/C10H13ClO/c1-10(2)4-6-3-8(12)9(11)7(6)5-10/h6H,3-5H2,1-2H3. The third kappa shape index (κ3) is 1.11. The molecule has 2 aliphatic carbocycles. The van der Waals surface area contributed by atoms with E-state index < -0.39 is 0 Å². The van der Waals surface area contributed by atoms with Crippen LogP contribution in [0, 0.1) is 11.3 Å². The maximum atomic E-state index is 11.2. The molecule has 0 aromatic carbocycles. The monoisotopic (exact) mass is 184 g/mol. The highest BCUT2D eigenvalue weighted by Crippen LogP contribution is 2.51. The van der Waals surface area contributed by atoms with Crippen LogP contribution in [0.3, 0.4) is 0 Å². The Morgan fingerprint density at radius 1 is 1.50 bits per heavy atom. The zero-order valence-electron chi connectivity index (χ0n) is 7.48. The van der Waals surface area contributed by atoms with Gasteiger partial charge in [-0.2, -0.15) is 0 Å². The molecule has 1 atom stereocenters. The summed E-state index contributed by atoms with van der Waals surface area (Å²) in [7, 11) is 0. The number of carbonyl (C=O) groups excluding carboxylic acids is 1. The molecule has 0 N–H and O–H groups in total. The number of halogens is 1. The van der Waals surface area contributed by atoms with Gasteiger partial charge in [0.2, 0.25) is 0 Å². The Morgan fingerprint density at radius 3 is 2.75 bits per heavy atom. The summed E-state index contributed by atoms with van der Waals surface area (Å²) >= 11 is 5.92. The van der Waals surface area contributed by atoms with Gasteiger partial charge in [0.1, 0.15) is 0 Å². The Kier molecular flexibility index (Phi) is 1.63. The van der Waals surface area contributed by atoms with Crippen molar-refractivity contribution in [2.45, 2.75) is 33.1 Å². The number of hydrogen-bond donors (Lipinski definition) is 0. The fourth-order valence-electron chi connectivity index (χ4n) is 2.47. The number of carbonyl (C=O) groups is 1. The van der Waals surface area contributed by atoms with Gasteiger partial charge >= 0.3 is 0 Å². The van der Waals surface area contributed by atoms with Crippen molar-refractivity contribution in [2.24, 2.45) is 11.3 Å². The molecule has 0 aromatic rings. The van der Waals surface area contributed by atoms with E-state index in [1.54, 1.807) is 0 Å². The Labute approximate surface area is 77.8 Å². The minimum absolute atomic E-state index is 0.159. The fourth-order valence-corrected chi connectivity index (χ4v) is 2.77. The average molecular weight is 185 g/mol. The third-order valence-corrected chi connectivity index (χ3v) is 3.37. The summed E-state index contributed by atoms with van der Waals surface area (Å²) < 4.78 is 0. The first-order valence-electron chi connectivity index (χ1n) is 4.41. The van der Waals surface area contributed by atoms with Crippen LogP contribution in [0.1, 0.15) is 33.1 Å². The van der Waals surface area contributed by atoms with E-state index in [0.717, 1.165) is 12.8 Å². The van der Waals surface area contributed by atoms with Crippen LogP contribution in [-0.2, 0) is 4.79 Å². The molecule has 0 spiro atoms. The van der Waals surface area contributed by atoms with Crippen LogP contribution in [0.25, 0.3) is 0 Å². The highest BCUT2D eigenvalue weighted by molar-refractivity contribution is 6.43. The summed E-state index contributed by atoms with van der Waals surface area (Å²) in [5.41, 5.74) is 1.59. The van der Waals surface area contributed by atoms with Gasteiger partial charge in [-0.1, -0.05) is 25.4 Å². The quantitative estimate of drug-likeness (QED) is 0.566. The predicted molar refractivity (Wildman–Crippen MR) is 49.0 cm³/mol. The lowest BCUT2D eigenvalue weighted by Gasteiger charge is -2.16. The molecule has 0 radical (unpaired) electrons. The van der Waals surface area contributed by atoms with Crippen LogP contribution >= 0.6 is 11.6 Å². The highest BCUT2D eigenvalue weighted by Gasteiger charge is 2.42. The molecule has 0 aromatic heterocycles. The van der Waals surface area contributed by atoms with E-state index in [-0.39, 0.29) is 5.78 Å². The molecule has 0 saturated heterocycles. The topological polar surface area (TPSA) is 17.1 Å². The Bertz CT molecular complexity index is 276. The molecule has 1 nitrogen and oxygen atoms in total. The van der Waals surface area contributed by atoms with E-state index in [4.69, 9.17) is 11.6 Å². The second-order valence-electron chi connectivity index (χ2n) is 4.71. The highest BCUT2D eigenvalue weighted by atomic mass is 35.5. The smallest absolute Gasteiger partial charge is 0.174 e. The van der Waals surface area contributed by atoms with Crippen molar-refractivity contribution < 1.29 is 4.79 Å². The summed E-state index contributed by atoms with van der Waals surface area (Å²) in [6.45, 7) is 4.49. The van der Waals surface area contributed by atoms with Gasteiger partial charge in [0, 0.05) is 6.42 Å². The maximum Gasteiger partial charge on any atom is 0.174 e. The van der Waals surface area contributed by atoms with E-state index >= 15 is 0 Å². The van der Waals surface area contributed by atoms with Crippen molar-refractivity contribution in [3.05, 3.63) is 10.6 Å². The van der Waals surface area contributed by atoms with Gasteiger partial charge in [0.15, 0.2) is 5.78 Å². The van der Waals surface area contributed by atoms with E-state index in [9.17, 15) is 4.79 Å². The molecule has 2 rings (SSSR count). The largest absolute Gasteiger partial charge is 0.293 e. The molecule has 2 aliphatic rings. The van der Waals surface area contributed by atoms with Crippen molar-refractivity contribution in [2.75, 3.05) is 0 Å². The van der Waals surface area contributed by atoms with Crippen LogP contribution in [0.4, 0.5) is 0 Å². The fraction of sp³-hybridized carbons (Fsp3) is 0.700. The zero-order valence-corrected chi connectivity index (χ0v) is 8.24. The molecule has 66 valence electrons. The Morgan fingerprint density at radius 2 is 2.17 bits per heavy atom. The van der Waals surface area contributed by atoms with Crippen LogP contribution in [-0.4, -0.2) is 5.78 Å². The lowest BCUT2D eigenvalue weighted by molar-refractivity contribution is -0.114. The summed E-state index contributed by atoms with van der Waals surface area (Å²) in [5.74, 6) is 0.632. The van der Waals surface area contributed by atoms with Gasteiger partial charge in [0.25, 0.3) is 0 Å². The summed E-state index contributed by atoms with van der Waals surface area (Å²) in [4.78, 5) is 11.2. The molecule has 0 heterocycles. The number of fused-ring (bicyclic) bond motifs is 1. The van der Waals surface area contributed by atoms with Gasteiger partial charge in [-0.3, -0.25) is 4.79 Å². The van der Waals surface area contributed by atoms with Crippen molar-refractivity contribution in [3.8, 4) is 0 Å². The van der Waals surface area contributed by atoms with E-state index in [0.29, 0.717) is 22.8 Å². The normalized spacial score (nSPS) is 32.9. The molecular formula is C10H13ClO. The number of hydrogen-bond acceptors (Lipinski definition) is 1. The van der Waals surface area contributed by atoms with Crippen molar-refractivity contribution >= 4 is 17.4 Å². The molecule has 1 fully saturated rings. The summed E-state index contributed by atoms with van der Waals surface area (Å²) in [6.07, 6.45) is 2.81. The molecule has 0 amide bonds. The average Bonchev–Trinajstić information content (AvgIpc) is 2.33. The van der Waals surface area contributed by atoms with Gasteiger partial charge in [0.05, 0.1) is 5.03 Å². The molecular weight excluding hydrogens is 172 g/mol. The third-order valence-electron chi connectivity index (χ3n) is 2.92. The first-order valence-corrected chi connectivity index (χ1v) is 4.79. The SMILES string of the molecule is CC1(C)CC2=C(Cl)C(=O)CC2C1. The molecule has 0 bridgehead atoms. The minimum atomic E-state index is 0.159. The Balaban J connectivity index is 2.34. The lowest BCUT2D eigenvalue weighted by atomic mass is 9.89. The van der Waals surface area contributed by atoms with E-state index in [2.05, 4.69) is 13.8 Å². The van der Waals surface area contributed by atoms with Crippen molar-refractivity contribution in [3.63, 3.8) is 0 Å². The van der Waals surface area contributed by atoms with E-state index in [1.165, 1.54) is 5.57 Å².